The van der Waals surface area contributed by atoms with Gasteiger partial charge in [0.2, 0.25) is 5.91 Å². The van der Waals surface area contributed by atoms with E-state index in [1.807, 2.05) is 26.0 Å². The van der Waals surface area contributed by atoms with Crippen molar-refractivity contribution in [3.8, 4) is 5.82 Å². The number of hydrogen-bond donors (Lipinski definition) is 2. The Morgan fingerprint density at radius 3 is 2.52 bits per heavy atom. The number of hydrogen-bond acceptors (Lipinski definition) is 4. The van der Waals surface area contributed by atoms with E-state index in [1.54, 1.807) is 10.7 Å². The van der Waals surface area contributed by atoms with Crippen molar-refractivity contribution in [3.05, 3.63) is 69.1 Å². The fourth-order valence-electron chi connectivity index (χ4n) is 3.25. The molecule has 25 heavy (non-hydrogen) atoms. The molecule has 1 atom stereocenters. The number of carbonyl (C=O) groups excluding carboxylic acids is 1. The molecule has 1 aliphatic rings. The first-order valence-electron chi connectivity index (χ1n) is 8.05. The van der Waals surface area contributed by atoms with E-state index in [4.69, 9.17) is 0 Å². The number of aromatic amines is 1. The van der Waals surface area contributed by atoms with Crippen molar-refractivity contribution in [2.75, 3.05) is 5.32 Å². The summed E-state index contributed by atoms with van der Waals surface area (Å²) >= 11 is 0. The summed E-state index contributed by atoms with van der Waals surface area (Å²) in [6.45, 7) is 3.95. The number of anilines is 1. The SMILES string of the molecule is Cc1ccc(C2CC(=O)Nc3c2c(C)nn3-c2ccc(=O)[nH]n2)cc1. The molecule has 0 aliphatic carbocycles. The van der Waals surface area contributed by atoms with Crippen molar-refractivity contribution < 1.29 is 4.79 Å². The molecule has 0 fully saturated rings. The monoisotopic (exact) mass is 335 g/mol. The lowest BCUT2D eigenvalue weighted by Crippen LogP contribution is -2.25. The Kier molecular flexibility index (Phi) is 3.49. The van der Waals surface area contributed by atoms with E-state index < -0.39 is 0 Å². The van der Waals surface area contributed by atoms with Crippen LogP contribution in [0, 0.1) is 13.8 Å². The third-order valence-electron chi connectivity index (χ3n) is 4.46. The predicted molar refractivity (Wildman–Crippen MR) is 93.0 cm³/mol. The zero-order chi connectivity index (χ0) is 17.6. The third-order valence-corrected chi connectivity index (χ3v) is 4.46. The van der Waals surface area contributed by atoms with Gasteiger partial charge in [-0.05, 0) is 25.5 Å². The quantitative estimate of drug-likeness (QED) is 0.749. The van der Waals surface area contributed by atoms with E-state index in [9.17, 15) is 9.59 Å². The van der Waals surface area contributed by atoms with Crippen LogP contribution in [0.2, 0.25) is 0 Å². The van der Waals surface area contributed by atoms with Crippen molar-refractivity contribution in [1.82, 2.24) is 20.0 Å². The second-order valence-electron chi connectivity index (χ2n) is 6.25. The molecule has 1 amide bonds. The van der Waals surface area contributed by atoms with Crippen LogP contribution in [0.4, 0.5) is 5.82 Å². The Labute approximate surface area is 143 Å². The van der Waals surface area contributed by atoms with E-state index in [2.05, 4.69) is 32.7 Å². The van der Waals surface area contributed by atoms with Gasteiger partial charge in [0, 0.05) is 24.0 Å². The second-order valence-corrected chi connectivity index (χ2v) is 6.25. The molecule has 3 heterocycles. The summed E-state index contributed by atoms with van der Waals surface area (Å²) in [6, 6.07) is 11.2. The number of H-pyrrole nitrogens is 1. The van der Waals surface area contributed by atoms with Crippen molar-refractivity contribution in [2.24, 2.45) is 0 Å². The molecule has 4 rings (SSSR count). The lowest BCUT2D eigenvalue weighted by atomic mass is 9.85. The Balaban J connectivity index is 1.87. The molecular weight excluding hydrogens is 318 g/mol. The molecule has 1 aromatic carbocycles. The molecule has 1 unspecified atom stereocenters. The number of aromatic nitrogens is 4. The maximum absolute atomic E-state index is 12.3. The van der Waals surface area contributed by atoms with Crippen LogP contribution in [0.5, 0.6) is 0 Å². The molecule has 0 saturated heterocycles. The van der Waals surface area contributed by atoms with Gasteiger partial charge in [-0.3, -0.25) is 9.59 Å². The predicted octanol–water partition coefficient (Wildman–Crippen LogP) is 2.05. The number of amides is 1. The fraction of sp³-hybridized carbons (Fsp3) is 0.222. The number of aryl methyl sites for hydroxylation is 2. The van der Waals surface area contributed by atoms with Gasteiger partial charge >= 0.3 is 0 Å². The number of carbonyl (C=O) groups is 1. The normalized spacial score (nSPS) is 16.4. The molecule has 3 aromatic rings. The Hall–Kier alpha value is -3.22. The van der Waals surface area contributed by atoms with Crippen LogP contribution >= 0.6 is 0 Å². The number of benzene rings is 1. The van der Waals surface area contributed by atoms with Gasteiger partial charge in [-0.25, -0.2) is 5.10 Å². The summed E-state index contributed by atoms with van der Waals surface area (Å²) in [6.07, 6.45) is 0.377. The minimum Gasteiger partial charge on any atom is -0.310 e. The minimum atomic E-state index is -0.289. The summed E-state index contributed by atoms with van der Waals surface area (Å²) in [5.41, 5.74) is 3.78. The molecule has 7 nitrogen and oxygen atoms in total. The van der Waals surface area contributed by atoms with Crippen LogP contribution < -0.4 is 10.9 Å². The summed E-state index contributed by atoms with van der Waals surface area (Å²) < 4.78 is 1.57. The molecule has 0 spiro atoms. The zero-order valence-electron chi connectivity index (χ0n) is 13.9. The highest BCUT2D eigenvalue weighted by atomic mass is 16.1. The maximum Gasteiger partial charge on any atom is 0.264 e. The lowest BCUT2D eigenvalue weighted by Gasteiger charge is -2.24. The van der Waals surface area contributed by atoms with Gasteiger partial charge in [0.05, 0.1) is 5.69 Å². The van der Waals surface area contributed by atoms with Crippen LogP contribution in [0.1, 0.15) is 34.7 Å². The van der Waals surface area contributed by atoms with Crippen LogP contribution in [0.15, 0.2) is 41.2 Å². The van der Waals surface area contributed by atoms with Crippen molar-refractivity contribution in [1.29, 1.82) is 0 Å². The van der Waals surface area contributed by atoms with Crippen molar-refractivity contribution >= 4 is 11.7 Å². The Morgan fingerprint density at radius 1 is 1.08 bits per heavy atom. The van der Waals surface area contributed by atoms with Gasteiger partial charge in [-0.15, -0.1) is 0 Å². The standard InChI is InChI=1S/C18H17N5O2/c1-10-3-5-12(6-4-10)13-9-16(25)19-18-17(13)11(2)22-23(18)14-7-8-15(24)21-20-14/h3-8,13H,9H2,1-2H3,(H,19,25)(H,21,24). The van der Waals surface area contributed by atoms with E-state index in [0.29, 0.717) is 18.1 Å². The van der Waals surface area contributed by atoms with E-state index >= 15 is 0 Å². The average molecular weight is 335 g/mol. The summed E-state index contributed by atoms with van der Waals surface area (Å²) in [5, 5.41) is 13.9. The molecule has 0 saturated carbocycles. The Morgan fingerprint density at radius 2 is 1.84 bits per heavy atom. The zero-order valence-corrected chi connectivity index (χ0v) is 13.9. The van der Waals surface area contributed by atoms with Gasteiger partial charge < -0.3 is 5.32 Å². The second kappa shape index (κ2) is 5.70. The summed E-state index contributed by atoms with van der Waals surface area (Å²) in [4.78, 5) is 23.5. The first kappa shape index (κ1) is 15.3. The van der Waals surface area contributed by atoms with Crippen LogP contribution in [-0.2, 0) is 4.79 Å². The summed E-state index contributed by atoms with van der Waals surface area (Å²) in [5.74, 6) is 0.942. The molecular formula is C18H17N5O2. The molecule has 0 bridgehead atoms. The molecule has 0 radical (unpaired) electrons. The number of rotatable bonds is 2. The summed E-state index contributed by atoms with van der Waals surface area (Å²) in [7, 11) is 0. The van der Waals surface area contributed by atoms with E-state index in [0.717, 1.165) is 16.8 Å². The highest BCUT2D eigenvalue weighted by Crippen LogP contribution is 2.39. The number of fused-ring (bicyclic) bond motifs is 1. The maximum atomic E-state index is 12.3. The van der Waals surface area contributed by atoms with Gasteiger partial charge in [-0.1, -0.05) is 29.8 Å². The molecule has 126 valence electrons. The minimum absolute atomic E-state index is 0.0548. The highest BCUT2D eigenvalue weighted by molar-refractivity contribution is 5.95. The molecule has 7 heteroatoms. The number of nitrogens with zero attached hydrogens (tertiary/aromatic N) is 3. The van der Waals surface area contributed by atoms with Crippen molar-refractivity contribution in [3.63, 3.8) is 0 Å². The first-order chi connectivity index (χ1) is 12.0. The highest BCUT2D eigenvalue weighted by Gasteiger charge is 2.32. The van der Waals surface area contributed by atoms with Gasteiger partial charge in [0.15, 0.2) is 5.82 Å². The van der Waals surface area contributed by atoms with Gasteiger partial charge in [0.25, 0.3) is 5.56 Å². The topological polar surface area (TPSA) is 92.7 Å². The van der Waals surface area contributed by atoms with Crippen LogP contribution in [-0.4, -0.2) is 25.9 Å². The molecule has 2 aromatic heterocycles. The largest absolute Gasteiger partial charge is 0.310 e. The van der Waals surface area contributed by atoms with E-state index in [-0.39, 0.29) is 17.4 Å². The first-order valence-corrected chi connectivity index (χ1v) is 8.05. The van der Waals surface area contributed by atoms with Crippen LogP contribution in [0.25, 0.3) is 5.82 Å². The third kappa shape index (κ3) is 2.63. The number of nitrogens with one attached hydrogen (secondary N) is 2. The van der Waals surface area contributed by atoms with Crippen LogP contribution in [0.3, 0.4) is 0 Å². The molecule has 2 N–H and O–H groups in total. The Bertz CT molecular complexity index is 996. The lowest BCUT2D eigenvalue weighted by molar-refractivity contribution is -0.116. The molecule has 1 aliphatic heterocycles. The smallest absolute Gasteiger partial charge is 0.264 e. The average Bonchev–Trinajstić information content (AvgIpc) is 2.92. The van der Waals surface area contributed by atoms with Crippen molar-refractivity contribution in [2.45, 2.75) is 26.2 Å². The fourth-order valence-corrected chi connectivity index (χ4v) is 3.25. The van der Waals surface area contributed by atoms with E-state index in [1.165, 1.54) is 11.6 Å². The van der Waals surface area contributed by atoms with Gasteiger partial charge in [-0.2, -0.15) is 14.9 Å². The van der Waals surface area contributed by atoms with Gasteiger partial charge in [0.1, 0.15) is 5.82 Å².